The molecule has 1 amide bonds. The number of anilines is 1. The van der Waals surface area contributed by atoms with Gasteiger partial charge in [0.2, 0.25) is 5.91 Å². The number of thiazole rings is 1. The number of hydrogen-bond donors (Lipinski definition) is 1. The van der Waals surface area contributed by atoms with Crippen LogP contribution in [-0.4, -0.2) is 16.6 Å². The summed E-state index contributed by atoms with van der Waals surface area (Å²) in [7, 11) is 0. The molecule has 0 saturated heterocycles. The van der Waals surface area contributed by atoms with Gasteiger partial charge in [-0.1, -0.05) is 0 Å². The predicted molar refractivity (Wildman–Crippen MR) is 97.8 cm³/mol. The molecular formula is C18H13F3N2OS2. The molecule has 0 saturated carbocycles. The van der Waals surface area contributed by atoms with Crippen LogP contribution < -0.4 is 5.32 Å². The first-order chi connectivity index (χ1) is 12.5. The largest absolute Gasteiger partial charge is 0.302 e. The first-order valence-corrected chi connectivity index (χ1v) is 9.47. The third kappa shape index (κ3) is 4.86. The van der Waals surface area contributed by atoms with Crippen molar-refractivity contribution in [3.63, 3.8) is 0 Å². The molecule has 1 heterocycles. The zero-order chi connectivity index (χ0) is 18.5. The summed E-state index contributed by atoms with van der Waals surface area (Å²) in [5, 5.41) is 4.60. The van der Waals surface area contributed by atoms with Gasteiger partial charge < -0.3 is 5.32 Å². The molecule has 0 unspecified atom stereocenters. The van der Waals surface area contributed by atoms with E-state index in [4.69, 9.17) is 0 Å². The van der Waals surface area contributed by atoms with Gasteiger partial charge in [0.05, 0.1) is 5.69 Å². The first kappa shape index (κ1) is 18.5. The van der Waals surface area contributed by atoms with Crippen molar-refractivity contribution in [2.45, 2.75) is 11.3 Å². The molecule has 8 heteroatoms. The molecule has 0 aliphatic carbocycles. The Morgan fingerprint density at radius 3 is 2.54 bits per heavy atom. The summed E-state index contributed by atoms with van der Waals surface area (Å²) in [6.45, 7) is 0. The van der Waals surface area contributed by atoms with Crippen LogP contribution in [0.5, 0.6) is 0 Å². The summed E-state index contributed by atoms with van der Waals surface area (Å²) in [6.07, 6.45) is 0.252. The molecule has 0 aliphatic rings. The van der Waals surface area contributed by atoms with Crippen LogP contribution in [0.15, 0.2) is 52.7 Å². The summed E-state index contributed by atoms with van der Waals surface area (Å²) >= 11 is 2.61. The summed E-state index contributed by atoms with van der Waals surface area (Å²) in [4.78, 5) is 17.0. The highest BCUT2D eigenvalue weighted by Crippen LogP contribution is 2.27. The molecule has 0 aliphatic heterocycles. The van der Waals surface area contributed by atoms with Gasteiger partial charge in [-0.05, 0) is 36.4 Å². The summed E-state index contributed by atoms with van der Waals surface area (Å²) in [6, 6.07) is 9.31. The van der Waals surface area contributed by atoms with Crippen LogP contribution in [0.3, 0.4) is 0 Å². The van der Waals surface area contributed by atoms with Crippen molar-refractivity contribution in [1.82, 2.24) is 4.98 Å². The number of benzene rings is 2. The topological polar surface area (TPSA) is 42.0 Å². The fourth-order valence-corrected chi connectivity index (χ4v) is 3.70. The SMILES string of the molecule is O=C(CCSc1ccc(F)cc1)Nc1nc(-c2ccc(F)cc2F)cs1. The van der Waals surface area contributed by atoms with E-state index in [0.717, 1.165) is 17.0 Å². The van der Waals surface area contributed by atoms with Crippen LogP contribution >= 0.6 is 23.1 Å². The molecule has 134 valence electrons. The van der Waals surface area contributed by atoms with E-state index >= 15 is 0 Å². The Hall–Kier alpha value is -2.32. The number of halogens is 3. The number of nitrogens with zero attached hydrogens (tertiary/aromatic N) is 1. The lowest BCUT2D eigenvalue weighted by Crippen LogP contribution is -2.11. The minimum absolute atomic E-state index is 0.176. The second kappa shape index (κ2) is 8.37. The first-order valence-electron chi connectivity index (χ1n) is 7.60. The van der Waals surface area contributed by atoms with Crippen LogP contribution in [0.1, 0.15) is 6.42 Å². The van der Waals surface area contributed by atoms with Crippen molar-refractivity contribution in [3.05, 3.63) is 65.3 Å². The molecule has 1 aromatic heterocycles. The van der Waals surface area contributed by atoms with Crippen molar-refractivity contribution in [3.8, 4) is 11.3 Å². The maximum absolute atomic E-state index is 13.8. The molecule has 3 nitrogen and oxygen atoms in total. The Kier molecular flexibility index (Phi) is 5.95. The average Bonchev–Trinajstić information content (AvgIpc) is 3.04. The number of thioether (sulfide) groups is 1. The second-order valence-electron chi connectivity index (χ2n) is 5.26. The molecule has 0 fully saturated rings. The smallest absolute Gasteiger partial charge is 0.226 e. The Labute approximate surface area is 156 Å². The van der Waals surface area contributed by atoms with Crippen molar-refractivity contribution in [2.75, 3.05) is 11.1 Å². The lowest BCUT2D eigenvalue weighted by molar-refractivity contribution is -0.115. The Morgan fingerprint density at radius 1 is 1.08 bits per heavy atom. The maximum Gasteiger partial charge on any atom is 0.226 e. The molecule has 3 rings (SSSR count). The third-order valence-electron chi connectivity index (χ3n) is 3.37. The van der Waals surface area contributed by atoms with Crippen molar-refractivity contribution in [1.29, 1.82) is 0 Å². The minimum Gasteiger partial charge on any atom is -0.302 e. The van der Waals surface area contributed by atoms with Gasteiger partial charge >= 0.3 is 0 Å². The molecule has 1 N–H and O–H groups in total. The lowest BCUT2D eigenvalue weighted by atomic mass is 10.1. The number of nitrogens with one attached hydrogen (secondary N) is 1. The normalized spacial score (nSPS) is 10.7. The van der Waals surface area contributed by atoms with Crippen LogP contribution in [0.2, 0.25) is 0 Å². The summed E-state index contributed by atoms with van der Waals surface area (Å²) in [5.41, 5.74) is 0.513. The van der Waals surface area contributed by atoms with Gasteiger partial charge in [0.1, 0.15) is 17.5 Å². The standard InChI is InChI=1S/C18H13F3N2OS2/c19-11-1-4-13(5-2-11)25-8-7-17(24)23-18-22-16(10-26-18)14-6-3-12(20)9-15(14)21/h1-6,9-10H,7-8H2,(H,22,23,24). The molecule has 0 radical (unpaired) electrons. The Bertz CT molecular complexity index is 913. The zero-order valence-electron chi connectivity index (χ0n) is 13.3. The van der Waals surface area contributed by atoms with Gasteiger partial charge in [-0.2, -0.15) is 0 Å². The van der Waals surface area contributed by atoms with E-state index in [1.54, 1.807) is 17.5 Å². The van der Waals surface area contributed by atoms with Crippen LogP contribution in [-0.2, 0) is 4.79 Å². The fourth-order valence-electron chi connectivity index (χ4n) is 2.13. The van der Waals surface area contributed by atoms with E-state index in [-0.39, 0.29) is 23.7 Å². The van der Waals surface area contributed by atoms with Crippen LogP contribution in [0.4, 0.5) is 18.3 Å². The monoisotopic (exact) mass is 394 g/mol. The maximum atomic E-state index is 13.8. The molecular weight excluding hydrogens is 381 g/mol. The highest BCUT2D eigenvalue weighted by atomic mass is 32.2. The van der Waals surface area contributed by atoms with E-state index in [2.05, 4.69) is 10.3 Å². The lowest BCUT2D eigenvalue weighted by Gasteiger charge is -2.03. The van der Waals surface area contributed by atoms with Crippen molar-refractivity contribution >= 4 is 34.1 Å². The highest BCUT2D eigenvalue weighted by molar-refractivity contribution is 7.99. The number of rotatable bonds is 6. The average molecular weight is 394 g/mol. The van der Waals surface area contributed by atoms with Crippen LogP contribution in [0.25, 0.3) is 11.3 Å². The number of aromatic nitrogens is 1. The zero-order valence-corrected chi connectivity index (χ0v) is 15.0. The summed E-state index contributed by atoms with van der Waals surface area (Å²) in [5.74, 6) is -1.36. The van der Waals surface area contributed by atoms with Crippen LogP contribution in [0, 0.1) is 17.5 Å². The van der Waals surface area contributed by atoms with E-state index in [1.165, 1.54) is 41.3 Å². The number of amides is 1. The molecule has 0 bridgehead atoms. The van der Waals surface area contributed by atoms with Gasteiger partial charge in [0.15, 0.2) is 5.13 Å². The van der Waals surface area contributed by atoms with Gasteiger partial charge in [0, 0.05) is 34.1 Å². The van der Waals surface area contributed by atoms with Gasteiger partial charge in [-0.3, -0.25) is 4.79 Å². The number of carbonyl (C=O) groups is 1. The van der Waals surface area contributed by atoms with Gasteiger partial charge in [0.25, 0.3) is 0 Å². The Balaban J connectivity index is 1.53. The summed E-state index contributed by atoms with van der Waals surface area (Å²) < 4.78 is 39.6. The minimum atomic E-state index is -0.705. The predicted octanol–water partition coefficient (Wildman–Crippen LogP) is 5.35. The number of carbonyl (C=O) groups excluding carboxylic acids is 1. The molecule has 3 aromatic rings. The highest BCUT2D eigenvalue weighted by Gasteiger charge is 2.12. The van der Waals surface area contributed by atoms with E-state index in [9.17, 15) is 18.0 Å². The molecule has 2 aromatic carbocycles. The van der Waals surface area contributed by atoms with Crippen molar-refractivity contribution in [2.24, 2.45) is 0 Å². The molecule has 0 spiro atoms. The fraction of sp³-hybridized carbons (Fsp3) is 0.111. The quantitative estimate of drug-likeness (QED) is 0.573. The van der Waals surface area contributed by atoms with E-state index < -0.39 is 11.6 Å². The van der Waals surface area contributed by atoms with E-state index in [1.807, 2.05) is 0 Å². The molecule has 26 heavy (non-hydrogen) atoms. The number of hydrogen-bond acceptors (Lipinski definition) is 4. The second-order valence-corrected chi connectivity index (χ2v) is 7.29. The Morgan fingerprint density at radius 2 is 1.81 bits per heavy atom. The molecule has 0 atom stereocenters. The van der Waals surface area contributed by atoms with Gasteiger partial charge in [-0.15, -0.1) is 23.1 Å². The van der Waals surface area contributed by atoms with Crippen molar-refractivity contribution < 1.29 is 18.0 Å². The van der Waals surface area contributed by atoms with Gasteiger partial charge in [-0.25, -0.2) is 18.2 Å². The third-order valence-corrected chi connectivity index (χ3v) is 5.14. The van der Waals surface area contributed by atoms with E-state index in [0.29, 0.717) is 16.6 Å².